The zero-order valence-corrected chi connectivity index (χ0v) is 20.0. The third-order valence-electron chi connectivity index (χ3n) is 5.44. The van der Waals surface area contributed by atoms with Crippen LogP contribution in [0.25, 0.3) is 0 Å². The van der Waals surface area contributed by atoms with E-state index in [9.17, 15) is 17.6 Å². The molecular weight excluding hydrogens is 447 g/mol. The second kappa shape index (κ2) is 11.0. The number of piperazine rings is 1. The molecule has 1 saturated heterocycles. The van der Waals surface area contributed by atoms with Gasteiger partial charge in [0.15, 0.2) is 0 Å². The van der Waals surface area contributed by atoms with E-state index in [1.165, 1.54) is 34.8 Å². The molecule has 33 heavy (non-hydrogen) atoms. The number of hydrogen-bond donors (Lipinski definition) is 2. The van der Waals surface area contributed by atoms with Crippen LogP contribution in [0.5, 0.6) is 0 Å². The summed E-state index contributed by atoms with van der Waals surface area (Å²) in [6.45, 7) is 4.89. The van der Waals surface area contributed by atoms with Gasteiger partial charge in [-0.25, -0.2) is 9.18 Å². The van der Waals surface area contributed by atoms with E-state index in [1.807, 2.05) is 6.92 Å². The average Bonchev–Trinajstić information content (AvgIpc) is 2.75. The van der Waals surface area contributed by atoms with Crippen molar-refractivity contribution in [1.29, 1.82) is 0 Å². The fourth-order valence-corrected chi connectivity index (χ4v) is 4.71. The standard InChI is InChI=1S/C22H31FN6O3S/c1-17-6-7-20(16-24-17)25-22(30)26-21-14-18(13-19(23)15-21)5-4-8-28-9-11-29(12-10-28)33(31,32)27(2)3/h6-7,13-16H,4-5,8-12H2,1-3H3,(H2,25,26,30). The zero-order valence-electron chi connectivity index (χ0n) is 19.2. The Bertz CT molecular complexity index is 1050. The fourth-order valence-electron chi connectivity index (χ4n) is 3.62. The number of pyridine rings is 1. The van der Waals surface area contributed by atoms with Gasteiger partial charge in [0.2, 0.25) is 0 Å². The molecule has 1 aliphatic heterocycles. The van der Waals surface area contributed by atoms with Gasteiger partial charge in [0, 0.05) is 51.7 Å². The number of anilines is 2. The smallest absolute Gasteiger partial charge is 0.308 e. The highest BCUT2D eigenvalue weighted by Gasteiger charge is 2.28. The van der Waals surface area contributed by atoms with Gasteiger partial charge in [-0.2, -0.15) is 17.0 Å². The van der Waals surface area contributed by atoms with Gasteiger partial charge in [-0.05, 0) is 62.2 Å². The third-order valence-corrected chi connectivity index (χ3v) is 7.38. The van der Waals surface area contributed by atoms with Gasteiger partial charge in [0.05, 0.1) is 11.9 Å². The molecule has 2 amide bonds. The SMILES string of the molecule is Cc1ccc(NC(=O)Nc2cc(F)cc(CCCN3CCN(S(=O)(=O)N(C)C)CC3)c2)cn1. The molecule has 1 fully saturated rings. The monoisotopic (exact) mass is 478 g/mol. The number of amides is 2. The maximum absolute atomic E-state index is 14.1. The molecule has 11 heteroatoms. The van der Waals surface area contributed by atoms with Crippen molar-refractivity contribution in [2.45, 2.75) is 19.8 Å². The lowest BCUT2D eigenvalue weighted by Gasteiger charge is -2.35. The molecule has 0 radical (unpaired) electrons. The van der Waals surface area contributed by atoms with Crippen molar-refractivity contribution in [2.24, 2.45) is 0 Å². The summed E-state index contributed by atoms with van der Waals surface area (Å²) in [7, 11) is -0.303. The van der Waals surface area contributed by atoms with Crippen molar-refractivity contribution >= 4 is 27.6 Å². The first-order valence-corrected chi connectivity index (χ1v) is 12.2. The molecule has 3 rings (SSSR count). The summed E-state index contributed by atoms with van der Waals surface area (Å²) in [6, 6.07) is 7.57. The third kappa shape index (κ3) is 7.19. The Labute approximate surface area is 194 Å². The highest BCUT2D eigenvalue weighted by atomic mass is 32.2. The number of carbonyl (C=O) groups is 1. The molecule has 0 aliphatic carbocycles. The van der Waals surface area contributed by atoms with Crippen molar-refractivity contribution in [1.82, 2.24) is 18.5 Å². The van der Waals surface area contributed by atoms with Gasteiger partial charge in [0.25, 0.3) is 10.2 Å². The molecule has 9 nitrogen and oxygen atoms in total. The Hall–Kier alpha value is -2.60. The average molecular weight is 479 g/mol. The number of aryl methyl sites for hydroxylation is 2. The number of urea groups is 1. The Kier molecular flexibility index (Phi) is 8.35. The lowest BCUT2D eigenvalue weighted by atomic mass is 10.1. The largest absolute Gasteiger partial charge is 0.323 e. The van der Waals surface area contributed by atoms with Crippen molar-refractivity contribution < 1.29 is 17.6 Å². The molecule has 0 bridgehead atoms. The summed E-state index contributed by atoms with van der Waals surface area (Å²) < 4.78 is 41.2. The van der Waals surface area contributed by atoms with Crippen LogP contribution in [-0.2, 0) is 16.6 Å². The molecule has 0 saturated carbocycles. The molecule has 2 heterocycles. The van der Waals surface area contributed by atoms with Gasteiger partial charge in [-0.3, -0.25) is 4.98 Å². The van der Waals surface area contributed by atoms with E-state index >= 15 is 0 Å². The predicted molar refractivity (Wildman–Crippen MR) is 127 cm³/mol. The number of nitrogens with zero attached hydrogens (tertiary/aromatic N) is 4. The van der Waals surface area contributed by atoms with Crippen molar-refractivity contribution in [3.05, 3.63) is 53.6 Å². The minimum atomic E-state index is -3.37. The summed E-state index contributed by atoms with van der Waals surface area (Å²) in [4.78, 5) is 18.6. The van der Waals surface area contributed by atoms with Gasteiger partial charge in [-0.1, -0.05) is 0 Å². The number of aromatic nitrogens is 1. The van der Waals surface area contributed by atoms with E-state index in [0.717, 1.165) is 24.2 Å². The Balaban J connectivity index is 1.47. The van der Waals surface area contributed by atoms with E-state index < -0.39 is 22.1 Å². The van der Waals surface area contributed by atoms with Gasteiger partial charge >= 0.3 is 6.03 Å². The van der Waals surface area contributed by atoms with Crippen molar-refractivity contribution in [2.75, 3.05) is 57.5 Å². The van der Waals surface area contributed by atoms with Crippen molar-refractivity contribution in [3.63, 3.8) is 0 Å². The Morgan fingerprint density at radius 1 is 1.09 bits per heavy atom. The van der Waals surface area contributed by atoms with Gasteiger partial charge < -0.3 is 15.5 Å². The molecule has 1 aromatic carbocycles. The van der Waals surface area contributed by atoms with E-state index in [2.05, 4.69) is 20.5 Å². The van der Waals surface area contributed by atoms with Crippen LogP contribution in [-0.4, -0.2) is 79.8 Å². The molecule has 1 aliphatic rings. The first kappa shape index (κ1) is 25.0. The minimum Gasteiger partial charge on any atom is -0.308 e. The number of hydrogen-bond acceptors (Lipinski definition) is 5. The number of nitrogens with one attached hydrogen (secondary N) is 2. The van der Waals surface area contributed by atoms with E-state index in [0.29, 0.717) is 44.0 Å². The summed E-state index contributed by atoms with van der Waals surface area (Å²) in [5.74, 6) is -0.415. The molecule has 2 aromatic rings. The van der Waals surface area contributed by atoms with Crippen LogP contribution in [0, 0.1) is 12.7 Å². The zero-order chi connectivity index (χ0) is 24.0. The number of benzene rings is 1. The van der Waals surface area contributed by atoms with Gasteiger partial charge in [0.1, 0.15) is 5.82 Å². The molecule has 180 valence electrons. The number of carbonyl (C=O) groups excluding carboxylic acids is 1. The first-order valence-electron chi connectivity index (χ1n) is 10.8. The maximum atomic E-state index is 14.1. The predicted octanol–water partition coefficient (Wildman–Crippen LogP) is 2.53. The highest BCUT2D eigenvalue weighted by Crippen LogP contribution is 2.17. The normalized spacial score (nSPS) is 15.5. The number of halogens is 1. The van der Waals surface area contributed by atoms with Crippen LogP contribution in [0.4, 0.5) is 20.6 Å². The van der Waals surface area contributed by atoms with Crippen LogP contribution < -0.4 is 10.6 Å². The Morgan fingerprint density at radius 3 is 2.42 bits per heavy atom. The van der Waals surface area contributed by atoms with Crippen LogP contribution >= 0.6 is 0 Å². The molecule has 0 atom stereocenters. The molecular formula is C22H31FN6O3S. The maximum Gasteiger partial charge on any atom is 0.323 e. The topological polar surface area (TPSA) is 97.9 Å². The summed E-state index contributed by atoms with van der Waals surface area (Å²) in [5, 5.41) is 5.33. The minimum absolute atomic E-state index is 0.380. The van der Waals surface area contributed by atoms with Crippen LogP contribution in [0.1, 0.15) is 17.7 Å². The first-order chi connectivity index (χ1) is 15.6. The van der Waals surface area contributed by atoms with Gasteiger partial charge in [-0.15, -0.1) is 0 Å². The fraction of sp³-hybridized carbons (Fsp3) is 0.455. The highest BCUT2D eigenvalue weighted by molar-refractivity contribution is 7.86. The molecule has 2 N–H and O–H groups in total. The number of rotatable bonds is 8. The quantitative estimate of drug-likeness (QED) is 0.608. The summed E-state index contributed by atoms with van der Waals surface area (Å²) >= 11 is 0. The molecule has 1 aromatic heterocycles. The molecule has 0 spiro atoms. The van der Waals surface area contributed by atoms with Crippen molar-refractivity contribution in [3.8, 4) is 0 Å². The lowest BCUT2D eigenvalue weighted by Crippen LogP contribution is -2.51. The lowest BCUT2D eigenvalue weighted by molar-refractivity contribution is 0.182. The van der Waals surface area contributed by atoms with E-state index in [1.54, 1.807) is 24.4 Å². The summed E-state index contributed by atoms with van der Waals surface area (Å²) in [6.07, 6.45) is 3.00. The summed E-state index contributed by atoms with van der Waals surface area (Å²) in [5.41, 5.74) is 2.56. The Morgan fingerprint density at radius 2 is 1.79 bits per heavy atom. The van der Waals surface area contributed by atoms with Crippen LogP contribution in [0.15, 0.2) is 36.5 Å². The van der Waals surface area contributed by atoms with E-state index in [-0.39, 0.29) is 0 Å². The molecule has 0 unspecified atom stereocenters. The second-order valence-electron chi connectivity index (χ2n) is 8.25. The van der Waals surface area contributed by atoms with E-state index in [4.69, 9.17) is 0 Å². The van der Waals surface area contributed by atoms with Crippen LogP contribution in [0.2, 0.25) is 0 Å². The van der Waals surface area contributed by atoms with Crippen LogP contribution in [0.3, 0.4) is 0 Å². The second-order valence-corrected chi connectivity index (χ2v) is 10.4.